The van der Waals surface area contributed by atoms with Gasteiger partial charge in [-0.05, 0) is 25.8 Å². The van der Waals surface area contributed by atoms with Crippen LogP contribution < -0.4 is 10.2 Å². The molecule has 5 heteroatoms. The molecule has 0 spiro atoms. The molecule has 1 heterocycles. The Morgan fingerprint density at radius 1 is 1.50 bits per heavy atom. The Bertz CT molecular complexity index is 315. The van der Waals surface area contributed by atoms with Gasteiger partial charge in [0.2, 0.25) is 5.95 Å². The van der Waals surface area contributed by atoms with Crippen LogP contribution in [0.4, 0.5) is 11.8 Å². The first-order valence-corrected chi connectivity index (χ1v) is 5.52. The minimum Gasteiger partial charge on any atom is -0.393 e. The van der Waals surface area contributed by atoms with E-state index in [1.54, 1.807) is 13.1 Å². The highest BCUT2D eigenvalue weighted by Crippen LogP contribution is 2.08. The molecule has 1 aromatic heterocycles. The van der Waals surface area contributed by atoms with Crippen molar-refractivity contribution in [3.05, 3.63) is 12.3 Å². The molecule has 0 saturated carbocycles. The number of anilines is 2. The van der Waals surface area contributed by atoms with Crippen LogP contribution in [-0.4, -0.2) is 41.8 Å². The van der Waals surface area contributed by atoms with Crippen molar-refractivity contribution in [2.75, 3.05) is 30.9 Å². The Morgan fingerprint density at radius 2 is 2.25 bits per heavy atom. The lowest BCUT2D eigenvalue weighted by atomic mass is 10.2. The standard InChI is InChI=1S/C11H20N4O/c1-9(16)5-4-7-12-10-6-8-13-11(14-10)15(2)3/h6,8-9,16H,4-5,7H2,1-3H3,(H,12,13,14). The summed E-state index contributed by atoms with van der Waals surface area (Å²) in [5, 5.41) is 12.3. The van der Waals surface area contributed by atoms with Crippen molar-refractivity contribution < 1.29 is 5.11 Å². The van der Waals surface area contributed by atoms with Crippen molar-refractivity contribution in [3.63, 3.8) is 0 Å². The van der Waals surface area contributed by atoms with Gasteiger partial charge >= 0.3 is 0 Å². The van der Waals surface area contributed by atoms with E-state index in [1.165, 1.54) is 0 Å². The third kappa shape index (κ3) is 4.44. The lowest BCUT2D eigenvalue weighted by Gasteiger charge is -2.11. The third-order valence-electron chi connectivity index (χ3n) is 2.15. The summed E-state index contributed by atoms with van der Waals surface area (Å²) in [7, 11) is 3.82. The van der Waals surface area contributed by atoms with Crippen LogP contribution in [0, 0.1) is 0 Å². The summed E-state index contributed by atoms with van der Waals surface area (Å²) in [5.74, 6) is 1.52. The van der Waals surface area contributed by atoms with Gasteiger partial charge in [-0.1, -0.05) is 0 Å². The number of aliphatic hydroxyl groups excluding tert-OH is 1. The monoisotopic (exact) mass is 224 g/mol. The Kier molecular flexibility index (Phi) is 4.98. The molecule has 0 fully saturated rings. The van der Waals surface area contributed by atoms with Crippen LogP contribution in [0.25, 0.3) is 0 Å². The minimum atomic E-state index is -0.232. The fourth-order valence-electron chi connectivity index (χ4n) is 1.28. The summed E-state index contributed by atoms with van der Waals surface area (Å²) in [5.41, 5.74) is 0. The molecule has 1 aromatic rings. The van der Waals surface area contributed by atoms with E-state index in [0.717, 1.165) is 25.2 Å². The van der Waals surface area contributed by atoms with Crippen LogP contribution in [-0.2, 0) is 0 Å². The van der Waals surface area contributed by atoms with Crippen LogP contribution in [0.15, 0.2) is 12.3 Å². The molecule has 16 heavy (non-hydrogen) atoms. The molecule has 0 bridgehead atoms. The fraction of sp³-hybridized carbons (Fsp3) is 0.636. The highest BCUT2D eigenvalue weighted by atomic mass is 16.3. The van der Waals surface area contributed by atoms with Gasteiger partial charge in [0.25, 0.3) is 0 Å². The van der Waals surface area contributed by atoms with Gasteiger partial charge in [0.1, 0.15) is 5.82 Å². The van der Waals surface area contributed by atoms with Crippen LogP contribution >= 0.6 is 0 Å². The Labute approximate surface area is 96.5 Å². The first kappa shape index (κ1) is 12.7. The molecule has 0 aliphatic heterocycles. The molecular formula is C11H20N4O. The molecule has 0 aliphatic rings. The second-order valence-corrected chi connectivity index (χ2v) is 4.05. The zero-order valence-electron chi connectivity index (χ0n) is 10.1. The van der Waals surface area contributed by atoms with E-state index in [-0.39, 0.29) is 6.10 Å². The summed E-state index contributed by atoms with van der Waals surface area (Å²) in [6.07, 6.45) is 3.24. The maximum absolute atomic E-state index is 9.11. The number of aliphatic hydroxyl groups is 1. The number of hydrogen-bond acceptors (Lipinski definition) is 5. The third-order valence-corrected chi connectivity index (χ3v) is 2.15. The van der Waals surface area contributed by atoms with Gasteiger partial charge in [-0.25, -0.2) is 4.98 Å². The molecule has 0 radical (unpaired) electrons. The summed E-state index contributed by atoms with van der Waals surface area (Å²) in [6, 6.07) is 1.84. The van der Waals surface area contributed by atoms with E-state index in [4.69, 9.17) is 5.11 Å². The van der Waals surface area contributed by atoms with Crippen molar-refractivity contribution in [2.45, 2.75) is 25.9 Å². The van der Waals surface area contributed by atoms with E-state index in [9.17, 15) is 0 Å². The SMILES string of the molecule is CC(O)CCCNc1ccnc(N(C)C)n1. The molecule has 0 aromatic carbocycles. The molecule has 1 unspecified atom stereocenters. The topological polar surface area (TPSA) is 61.3 Å². The molecule has 1 rings (SSSR count). The van der Waals surface area contributed by atoms with Gasteiger partial charge in [0, 0.05) is 26.8 Å². The molecule has 0 saturated heterocycles. The summed E-state index contributed by atoms with van der Waals surface area (Å²) in [4.78, 5) is 10.3. The predicted molar refractivity (Wildman–Crippen MR) is 65.8 cm³/mol. The Morgan fingerprint density at radius 3 is 2.88 bits per heavy atom. The highest BCUT2D eigenvalue weighted by Gasteiger charge is 2.00. The van der Waals surface area contributed by atoms with Crippen molar-refractivity contribution in [1.29, 1.82) is 0 Å². The smallest absolute Gasteiger partial charge is 0.226 e. The first-order valence-electron chi connectivity index (χ1n) is 5.52. The van der Waals surface area contributed by atoms with E-state index < -0.39 is 0 Å². The summed E-state index contributed by atoms with van der Waals surface area (Å²) in [6.45, 7) is 2.61. The van der Waals surface area contributed by atoms with Gasteiger partial charge in [-0.15, -0.1) is 0 Å². The second-order valence-electron chi connectivity index (χ2n) is 4.05. The number of nitrogens with one attached hydrogen (secondary N) is 1. The highest BCUT2D eigenvalue weighted by molar-refractivity contribution is 5.40. The van der Waals surface area contributed by atoms with E-state index in [2.05, 4.69) is 15.3 Å². The van der Waals surface area contributed by atoms with Crippen molar-refractivity contribution in [3.8, 4) is 0 Å². The van der Waals surface area contributed by atoms with Crippen molar-refractivity contribution >= 4 is 11.8 Å². The van der Waals surface area contributed by atoms with Gasteiger partial charge in [-0.3, -0.25) is 0 Å². The summed E-state index contributed by atoms with van der Waals surface area (Å²) < 4.78 is 0. The minimum absolute atomic E-state index is 0.232. The number of rotatable bonds is 6. The van der Waals surface area contributed by atoms with Crippen LogP contribution in [0.5, 0.6) is 0 Å². The summed E-state index contributed by atoms with van der Waals surface area (Å²) >= 11 is 0. The largest absolute Gasteiger partial charge is 0.393 e. The maximum Gasteiger partial charge on any atom is 0.226 e. The fourth-order valence-corrected chi connectivity index (χ4v) is 1.28. The molecule has 2 N–H and O–H groups in total. The van der Waals surface area contributed by atoms with Gasteiger partial charge in [0.15, 0.2) is 0 Å². The maximum atomic E-state index is 9.11. The van der Waals surface area contributed by atoms with Crippen molar-refractivity contribution in [1.82, 2.24) is 9.97 Å². The second kappa shape index (κ2) is 6.27. The molecule has 0 aliphatic carbocycles. The molecule has 5 nitrogen and oxygen atoms in total. The van der Waals surface area contributed by atoms with Crippen LogP contribution in [0.1, 0.15) is 19.8 Å². The normalized spacial score (nSPS) is 12.2. The van der Waals surface area contributed by atoms with Gasteiger partial charge in [0.05, 0.1) is 6.10 Å². The molecule has 1 atom stereocenters. The van der Waals surface area contributed by atoms with Gasteiger partial charge < -0.3 is 15.3 Å². The van der Waals surface area contributed by atoms with Crippen LogP contribution in [0.3, 0.4) is 0 Å². The Hall–Kier alpha value is -1.36. The van der Waals surface area contributed by atoms with E-state index >= 15 is 0 Å². The number of hydrogen-bond donors (Lipinski definition) is 2. The predicted octanol–water partition coefficient (Wildman–Crippen LogP) is 1.12. The average Bonchev–Trinajstić information content (AvgIpc) is 2.24. The lowest BCUT2D eigenvalue weighted by molar-refractivity contribution is 0.183. The molecular weight excluding hydrogens is 204 g/mol. The first-order chi connectivity index (χ1) is 7.59. The lowest BCUT2D eigenvalue weighted by Crippen LogP contribution is -2.14. The number of nitrogens with zero attached hydrogens (tertiary/aromatic N) is 3. The molecule has 0 amide bonds. The quantitative estimate of drug-likeness (QED) is 0.709. The number of aromatic nitrogens is 2. The average molecular weight is 224 g/mol. The van der Waals surface area contributed by atoms with E-state index in [1.807, 2.05) is 25.1 Å². The zero-order chi connectivity index (χ0) is 12.0. The van der Waals surface area contributed by atoms with Crippen molar-refractivity contribution in [2.24, 2.45) is 0 Å². The van der Waals surface area contributed by atoms with E-state index in [0.29, 0.717) is 5.95 Å². The zero-order valence-corrected chi connectivity index (χ0v) is 10.1. The van der Waals surface area contributed by atoms with Crippen LogP contribution in [0.2, 0.25) is 0 Å². The van der Waals surface area contributed by atoms with Gasteiger partial charge in [-0.2, -0.15) is 4.98 Å². The Balaban J connectivity index is 2.39. The molecule has 90 valence electrons.